The van der Waals surface area contributed by atoms with Crippen LogP contribution in [0.2, 0.25) is 0 Å². The predicted molar refractivity (Wildman–Crippen MR) is 84.1 cm³/mol. The molecule has 0 spiro atoms. The third-order valence-corrected chi connectivity index (χ3v) is 3.35. The molecule has 2 N–H and O–H groups in total. The van der Waals surface area contributed by atoms with Crippen LogP contribution in [0.25, 0.3) is 0 Å². The molecule has 122 valence electrons. The van der Waals surface area contributed by atoms with Gasteiger partial charge >= 0.3 is 5.97 Å². The van der Waals surface area contributed by atoms with E-state index in [1.54, 1.807) is 53.5 Å². The van der Waals surface area contributed by atoms with Crippen molar-refractivity contribution in [2.45, 2.75) is 13.2 Å². The van der Waals surface area contributed by atoms with Crippen LogP contribution >= 0.6 is 0 Å². The summed E-state index contributed by atoms with van der Waals surface area (Å²) in [6, 6.07) is 11.6. The number of carbonyl (C=O) groups is 2. The third kappa shape index (κ3) is 3.70. The van der Waals surface area contributed by atoms with Gasteiger partial charge in [0.15, 0.2) is 0 Å². The summed E-state index contributed by atoms with van der Waals surface area (Å²) in [6.45, 7) is 0.516. The van der Waals surface area contributed by atoms with E-state index in [1.807, 2.05) is 6.07 Å². The Kier molecular flexibility index (Phi) is 4.42. The molecule has 0 bridgehead atoms. The van der Waals surface area contributed by atoms with E-state index in [0.717, 1.165) is 5.56 Å². The van der Waals surface area contributed by atoms with Crippen LogP contribution in [0.3, 0.4) is 0 Å². The molecule has 0 saturated carbocycles. The van der Waals surface area contributed by atoms with Crippen LogP contribution in [0.1, 0.15) is 32.2 Å². The number of esters is 1. The molecule has 24 heavy (non-hydrogen) atoms. The Hall–Kier alpha value is -3.35. The van der Waals surface area contributed by atoms with Crippen molar-refractivity contribution in [1.29, 1.82) is 0 Å². The van der Waals surface area contributed by atoms with E-state index in [-0.39, 0.29) is 12.4 Å². The Bertz CT molecular complexity index is 835. The van der Waals surface area contributed by atoms with Crippen molar-refractivity contribution in [3.05, 3.63) is 77.5 Å². The van der Waals surface area contributed by atoms with Gasteiger partial charge in [-0.1, -0.05) is 12.1 Å². The van der Waals surface area contributed by atoms with E-state index >= 15 is 0 Å². The molecule has 3 rings (SSSR count). The Morgan fingerprint density at radius 2 is 1.96 bits per heavy atom. The molecule has 3 aromatic rings. The number of hydrogen-bond donors (Lipinski definition) is 1. The Morgan fingerprint density at radius 3 is 2.62 bits per heavy atom. The van der Waals surface area contributed by atoms with Crippen molar-refractivity contribution in [3.63, 3.8) is 0 Å². The number of furan rings is 1. The zero-order valence-corrected chi connectivity index (χ0v) is 12.7. The van der Waals surface area contributed by atoms with E-state index in [1.165, 1.54) is 0 Å². The molecular weight excluding hydrogens is 310 g/mol. The molecule has 0 aliphatic heterocycles. The first-order valence-corrected chi connectivity index (χ1v) is 7.24. The number of aromatic nitrogens is 2. The first-order chi connectivity index (χ1) is 11.6. The van der Waals surface area contributed by atoms with Gasteiger partial charge in [-0.05, 0) is 35.9 Å². The first-order valence-electron chi connectivity index (χ1n) is 7.24. The maximum absolute atomic E-state index is 12.0. The zero-order chi connectivity index (χ0) is 16.9. The Labute approximate surface area is 137 Å². The van der Waals surface area contributed by atoms with Crippen LogP contribution in [0.4, 0.5) is 0 Å². The molecule has 0 aliphatic carbocycles. The molecule has 0 fully saturated rings. The summed E-state index contributed by atoms with van der Waals surface area (Å²) in [4.78, 5) is 23.0. The fourth-order valence-corrected chi connectivity index (χ4v) is 2.11. The second-order valence-electron chi connectivity index (χ2n) is 5.11. The maximum atomic E-state index is 12.0. The molecule has 0 saturated heterocycles. The van der Waals surface area contributed by atoms with Crippen LogP contribution in [-0.2, 0) is 17.9 Å². The summed E-state index contributed by atoms with van der Waals surface area (Å²) in [5, 5.41) is 4.07. The highest BCUT2D eigenvalue weighted by molar-refractivity contribution is 5.92. The van der Waals surface area contributed by atoms with Crippen molar-refractivity contribution < 1.29 is 18.7 Å². The number of amides is 1. The largest absolute Gasteiger partial charge is 0.455 e. The molecule has 0 aliphatic rings. The van der Waals surface area contributed by atoms with Gasteiger partial charge < -0.3 is 14.9 Å². The van der Waals surface area contributed by atoms with E-state index in [4.69, 9.17) is 14.9 Å². The topological polar surface area (TPSA) is 100 Å². The second kappa shape index (κ2) is 6.82. The summed E-state index contributed by atoms with van der Waals surface area (Å²) in [5.74, 6) is -0.318. The third-order valence-electron chi connectivity index (χ3n) is 3.35. The summed E-state index contributed by atoms with van der Waals surface area (Å²) in [6.07, 6.45) is 3.47. The minimum absolute atomic E-state index is 0.0765. The lowest BCUT2D eigenvalue weighted by Gasteiger charge is -2.04. The van der Waals surface area contributed by atoms with Gasteiger partial charge in [-0.25, -0.2) is 4.79 Å². The van der Waals surface area contributed by atoms with Gasteiger partial charge in [-0.15, -0.1) is 0 Å². The SMILES string of the molecule is NC(=O)c1ccc(COC(=O)c2ccc(Cn3cccn3)o2)cc1. The molecule has 2 heterocycles. The highest BCUT2D eigenvalue weighted by Gasteiger charge is 2.13. The summed E-state index contributed by atoms with van der Waals surface area (Å²) >= 11 is 0. The fraction of sp³-hybridized carbons (Fsp3) is 0.118. The standard InChI is InChI=1S/C17H15N3O4/c18-16(21)13-4-2-12(3-5-13)11-23-17(22)15-7-6-14(24-15)10-20-9-1-8-19-20/h1-9H,10-11H2,(H2,18,21). The predicted octanol–water partition coefficient (Wildman–Crippen LogP) is 1.98. The van der Waals surface area contributed by atoms with Crippen LogP contribution in [0.15, 0.2) is 59.3 Å². The molecule has 7 nitrogen and oxygen atoms in total. The van der Waals surface area contributed by atoms with Crippen LogP contribution in [0.5, 0.6) is 0 Å². The van der Waals surface area contributed by atoms with Crippen molar-refractivity contribution in [2.75, 3.05) is 0 Å². The van der Waals surface area contributed by atoms with Crippen LogP contribution in [0, 0.1) is 0 Å². The lowest BCUT2D eigenvalue weighted by molar-refractivity contribution is 0.0433. The summed E-state index contributed by atoms with van der Waals surface area (Å²) in [7, 11) is 0. The molecule has 7 heteroatoms. The number of benzene rings is 1. The monoisotopic (exact) mass is 325 g/mol. The van der Waals surface area contributed by atoms with E-state index in [9.17, 15) is 9.59 Å². The quantitative estimate of drug-likeness (QED) is 0.698. The summed E-state index contributed by atoms with van der Waals surface area (Å²) < 4.78 is 12.3. The highest BCUT2D eigenvalue weighted by atomic mass is 16.5. The van der Waals surface area contributed by atoms with Gasteiger partial charge in [-0.2, -0.15) is 5.10 Å². The van der Waals surface area contributed by atoms with Gasteiger partial charge in [0.2, 0.25) is 11.7 Å². The minimum atomic E-state index is -0.555. The van der Waals surface area contributed by atoms with Gasteiger partial charge in [0, 0.05) is 18.0 Å². The van der Waals surface area contributed by atoms with Crippen LogP contribution < -0.4 is 5.73 Å². The molecule has 1 amide bonds. The molecule has 0 unspecified atom stereocenters. The van der Waals surface area contributed by atoms with Gasteiger partial charge in [0.05, 0.1) is 6.54 Å². The first kappa shape index (κ1) is 15.5. The zero-order valence-electron chi connectivity index (χ0n) is 12.7. The average molecular weight is 325 g/mol. The van der Waals surface area contributed by atoms with E-state index < -0.39 is 11.9 Å². The summed E-state index contributed by atoms with van der Waals surface area (Å²) in [5.41, 5.74) is 6.32. The number of ether oxygens (including phenoxy) is 1. The number of rotatable bonds is 6. The van der Waals surface area contributed by atoms with Crippen molar-refractivity contribution in [2.24, 2.45) is 5.73 Å². The number of primary amides is 1. The smallest absolute Gasteiger partial charge is 0.374 e. The minimum Gasteiger partial charge on any atom is -0.455 e. The van der Waals surface area contributed by atoms with Gasteiger partial charge in [0.25, 0.3) is 0 Å². The van der Waals surface area contributed by atoms with Crippen molar-refractivity contribution in [3.8, 4) is 0 Å². The maximum Gasteiger partial charge on any atom is 0.374 e. The fourth-order valence-electron chi connectivity index (χ4n) is 2.11. The van der Waals surface area contributed by atoms with Crippen molar-refractivity contribution >= 4 is 11.9 Å². The number of carbonyl (C=O) groups excluding carboxylic acids is 2. The van der Waals surface area contributed by atoms with E-state index in [2.05, 4.69) is 5.10 Å². The lowest BCUT2D eigenvalue weighted by atomic mass is 10.1. The highest BCUT2D eigenvalue weighted by Crippen LogP contribution is 2.12. The number of nitrogens with zero attached hydrogens (tertiary/aromatic N) is 2. The normalized spacial score (nSPS) is 10.5. The molecule has 0 atom stereocenters. The molecule has 2 aromatic heterocycles. The second-order valence-corrected chi connectivity index (χ2v) is 5.11. The van der Waals surface area contributed by atoms with E-state index in [0.29, 0.717) is 17.9 Å². The molecular formula is C17H15N3O4. The number of nitrogens with two attached hydrogens (primary N) is 1. The number of hydrogen-bond acceptors (Lipinski definition) is 5. The molecule has 0 radical (unpaired) electrons. The Morgan fingerprint density at radius 1 is 1.17 bits per heavy atom. The van der Waals surface area contributed by atoms with Crippen molar-refractivity contribution in [1.82, 2.24) is 9.78 Å². The lowest BCUT2D eigenvalue weighted by Crippen LogP contribution is -2.10. The van der Waals surface area contributed by atoms with Gasteiger partial charge in [0.1, 0.15) is 12.4 Å². The molecule has 1 aromatic carbocycles. The average Bonchev–Trinajstić information content (AvgIpc) is 3.25. The Balaban J connectivity index is 1.57. The van der Waals surface area contributed by atoms with Gasteiger partial charge in [-0.3, -0.25) is 9.48 Å². The van der Waals surface area contributed by atoms with Crippen LogP contribution in [-0.4, -0.2) is 21.7 Å².